The molecule has 0 spiro atoms. The molecule has 2 aliphatic carbocycles. The van der Waals surface area contributed by atoms with E-state index in [0.717, 1.165) is 34.8 Å². The van der Waals surface area contributed by atoms with Gasteiger partial charge in [0.05, 0.1) is 32.7 Å². The molecule has 2 aromatic heterocycles. The number of anilines is 1. The molecule has 1 saturated carbocycles. The third-order valence-corrected chi connectivity index (χ3v) is 6.98. The van der Waals surface area contributed by atoms with E-state index in [9.17, 15) is 4.79 Å². The fraction of sp³-hybridized carbons (Fsp3) is 0.381. The standard InChI is InChI=1S/C21H21ClN4OS/c1-12(27)23-21-24-16-11-10-14-18(13-6-2-3-7-13)25-26(19(14)20(16)28-21)17-9-5-4-8-15(17)22/h4-5,8-9,13H,2-3,6-7,10-11H2,1H3,(H,23,24,27). The fourth-order valence-electron chi connectivity index (χ4n) is 4.43. The number of hydrogen-bond acceptors (Lipinski definition) is 4. The minimum Gasteiger partial charge on any atom is -0.302 e. The van der Waals surface area contributed by atoms with E-state index in [1.165, 1.54) is 55.2 Å². The van der Waals surface area contributed by atoms with E-state index in [-0.39, 0.29) is 5.91 Å². The van der Waals surface area contributed by atoms with Gasteiger partial charge in [0.2, 0.25) is 5.91 Å². The minimum absolute atomic E-state index is 0.0995. The number of amides is 1. The lowest BCUT2D eigenvalue weighted by molar-refractivity contribution is -0.114. The average Bonchev–Trinajstić information content (AvgIpc) is 3.38. The second kappa shape index (κ2) is 7.01. The van der Waals surface area contributed by atoms with Crippen LogP contribution in [0.1, 0.15) is 55.5 Å². The lowest BCUT2D eigenvalue weighted by Crippen LogP contribution is -2.07. The van der Waals surface area contributed by atoms with E-state index in [2.05, 4.69) is 10.3 Å². The summed E-state index contributed by atoms with van der Waals surface area (Å²) in [6, 6.07) is 7.84. The Balaban J connectivity index is 1.71. The molecule has 5 nitrogen and oxygen atoms in total. The Bertz CT molecular complexity index is 1060. The van der Waals surface area contributed by atoms with Gasteiger partial charge in [-0.1, -0.05) is 47.9 Å². The average molecular weight is 413 g/mol. The van der Waals surface area contributed by atoms with Crippen LogP contribution in [-0.2, 0) is 17.6 Å². The van der Waals surface area contributed by atoms with Crippen molar-refractivity contribution in [3.8, 4) is 16.3 Å². The number of carbonyl (C=O) groups excluding carboxylic acids is 1. The van der Waals surface area contributed by atoms with Crippen LogP contribution >= 0.6 is 22.9 Å². The Kier molecular flexibility index (Phi) is 4.48. The van der Waals surface area contributed by atoms with Crippen molar-refractivity contribution in [1.82, 2.24) is 14.8 Å². The van der Waals surface area contributed by atoms with Crippen molar-refractivity contribution in [2.45, 2.75) is 51.4 Å². The van der Waals surface area contributed by atoms with Crippen LogP contribution < -0.4 is 5.32 Å². The zero-order valence-corrected chi connectivity index (χ0v) is 17.2. The summed E-state index contributed by atoms with van der Waals surface area (Å²) in [6.45, 7) is 1.51. The van der Waals surface area contributed by atoms with E-state index in [1.807, 2.05) is 28.9 Å². The Morgan fingerprint density at radius 3 is 2.79 bits per heavy atom. The second-order valence-corrected chi connectivity index (χ2v) is 8.94. The number of hydrogen-bond donors (Lipinski definition) is 1. The fourth-order valence-corrected chi connectivity index (χ4v) is 5.76. The number of aryl methyl sites for hydroxylation is 1. The molecule has 0 unspecified atom stereocenters. The molecule has 5 rings (SSSR count). The Morgan fingerprint density at radius 1 is 1.25 bits per heavy atom. The van der Waals surface area contributed by atoms with Gasteiger partial charge in [-0.15, -0.1) is 0 Å². The third kappa shape index (κ3) is 2.95. The maximum Gasteiger partial charge on any atom is 0.223 e. The van der Waals surface area contributed by atoms with Gasteiger partial charge in [0, 0.05) is 18.4 Å². The lowest BCUT2D eigenvalue weighted by Gasteiger charge is -2.15. The Hall–Kier alpha value is -2.18. The van der Waals surface area contributed by atoms with Crippen molar-refractivity contribution in [2.75, 3.05) is 5.32 Å². The number of nitrogens with zero attached hydrogens (tertiary/aromatic N) is 3. The first kappa shape index (κ1) is 17.9. The lowest BCUT2D eigenvalue weighted by atomic mass is 9.92. The van der Waals surface area contributed by atoms with Crippen molar-refractivity contribution in [2.24, 2.45) is 0 Å². The molecule has 28 heavy (non-hydrogen) atoms. The van der Waals surface area contributed by atoms with Gasteiger partial charge in [0.15, 0.2) is 5.13 Å². The molecule has 7 heteroatoms. The Labute approximate surface area is 172 Å². The van der Waals surface area contributed by atoms with Crippen molar-refractivity contribution in [3.63, 3.8) is 0 Å². The summed E-state index contributed by atoms with van der Waals surface area (Å²) in [4.78, 5) is 17.3. The topological polar surface area (TPSA) is 59.8 Å². The van der Waals surface area contributed by atoms with E-state index in [1.54, 1.807) is 0 Å². The molecule has 0 radical (unpaired) electrons. The molecule has 1 fully saturated rings. The highest BCUT2D eigenvalue weighted by molar-refractivity contribution is 7.19. The maximum atomic E-state index is 11.5. The molecule has 0 saturated heterocycles. The predicted molar refractivity (Wildman–Crippen MR) is 113 cm³/mol. The number of carbonyl (C=O) groups is 1. The van der Waals surface area contributed by atoms with Gasteiger partial charge in [-0.05, 0) is 37.8 Å². The molecular formula is C21H21ClN4OS. The highest BCUT2D eigenvalue weighted by atomic mass is 35.5. The summed E-state index contributed by atoms with van der Waals surface area (Å²) >= 11 is 8.07. The van der Waals surface area contributed by atoms with Gasteiger partial charge in [0.25, 0.3) is 0 Å². The number of halogens is 1. The summed E-state index contributed by atoms with van der Waals surface area (Å²) in [5.74, 6) is 0.430. The molecule has 0 atom stereocenters. The second-order valence-electron chi connectivity index (χ2n) is 7.53. The van der Waals surface area contributed by atoms with Crippen LogP contribution in [0.3, 0.4) is 0 Å². The summed E-state index contributed by atoms with van der Waals surface area (Å²) in [5, 5.41) is 9.27. The molecule has 3 aromatic rings. The number of para-hydroxylation sites is 1. The highest BCUT2D eigenvalue weighted by Gasteiger charge is 2.33. The van der Waals surface area contributed by atoms with Gasteiger partial charge >= 0.3 is 0 Å². The third-order valence-electron chi connectivity index (χ3n) is 5.64. The molecule has 2 heterocycles. The van der Waals surface area contributed by atoms with Gasteiger partial charge in [-0.25, -0.2) is 9.67 Å². The smallest absolute Gasteiger partial charge is 0.223 e. The van der Waals surface area contributed by atoms with Gasteiger partial charge in [0.1, 0.15) is 0 Å². The monoisotopic (exact) mass is 412 g/mol. The summed E-state index contributed by atoms with van der Waals surface area (Å²) in [7, 11) is 0. The number of fused-ring (bicyclic) bond motifs is 3. The molecule has 1 amide bonds. The van der Waals surface area contributed by atoms with Gasteiger partial charge < -0.3 is 5.32 Å². The van der Waals surface area contributed by atoms with Crippen LogP contribution in [0.2, 0.25) is 5.02 Å². The quantitative estimate of drug-likeness (QED) is 0.629. The van der Waals surface area contributed by atoms with E-state index < -0.39 is 0 Å². The van der Waals surface area contributed by atoms with E-state index in [0.29, 0.717) is 16.1 Å². The first-order chi connectivity index (χ1) is 13.6. The van der Waals surface area contributed by atoms with Gasteiger partial charge in [-0.2, -0.15) is 5.10 Å². The number of thiazole rings is 1. The molecule has 1 aromatic carbocycles. The largest absolute Gasteiger partial charge is 0.302 e. The summed E-state index contributed by atoms with van der Waals surface area (Å²) in [5.41, 5.74) is 5.59. The predicted octanol–water partition coefficient (Wildman–Crippen LogP) is 5.36. The zero-order chi connectivity index (χ0) is 19.3. The van der Waals surface area contributed by atoms with Crippen LogP contribution in [0.4, 0.5) is 5.13 Å². The van der Waals surface area contributed by atoms with Crippen LogP contribution in [0.15, 0.2) is 24.3 Å². The van der Waals surface area contributed by atoms with E-state index in [4.69, 9.17) is 16.7 Å². The summed E-state index contributed by atoms with van der Waals surface area (Å²) < 4.78 is 2.01. The van der Waals surface area contributed by atoms with Crippen LogP contribution in [0.5, 0.6) is 0 Å². The van der Waals surface area contributed by atoms with E-state index >= 15 is 0 Å². The number of aromatic nitrogens is 3. The SMILES string of the molecule is CC(=O)Nc1nc2c(s1)-c1c(c(C3CCCC3)nn1-c1ccccc1Cl)CC2. The summed E-state index contributed by atoms with van der Waals surface area (Å²) in [6.07, 6.45) is 6.78. The molecular weight excluding hydrogens is 392 g/mol. The Morgan fingerprint density at radius 2 is 2.04 bits per heavy atom. The highest BCUT2D eigenvalue weighted by Crippen LogP contribution is 2.46. The number of benzene rings is 1. The molecule has 2 aliphatic rings. The normalized spacial score (nSPS) is 16.1. The minimum atomic E-state index is -0.0995. The zero-order valence-electron chi connectivity index (χ0n) is 15.7. The van der Waals surface area contributed by atoms with Crippen LogP contribution in [-0.4, -0.2) is 20.7 Å². The molecule has 0 bridgehead atoms. The van der Waals surface area contributed by atoms with Crippen LogP contribution in [0.25, 0.3) is 16.3 Å². The van der Waals surface area contributed by atoms with Crippen molar-refractivity contribution in [3.05, 3.63) is 46.2 Å². The number of rotatable bonds is 3. The van der Waals surface area contributed by atoms with Gasteiger partial charge in [-0.3, -0.25) is 4.79 Å². The first-order valence-corrected chi connectivity index (χ1v) is 11.0. The van der Waals surface area contributed by atoms with Crippen molar-refractivity contribution >= 4 is 34.0 Å². The van der Waals surface area contributed by atoms with Crippen molar-refractivity contribution < 1.29 is 4.79 Å². The molecule has 0 aliphatic heterocycles. The van der Waals surface area contributed by atoms with Crippen LogP contribution in [0, 0.1) is 0 Å². The molecule has 144 valence electrons. The maximum absolute atomic E-state index is 11.5. The number of nitrogens with one attached hydrogen (secondary N) is 1. The molecule has 1 N–H and O–H groups in total. The van der Waals surface area contributed by atoms with Crippen molar-refractivity contribution in [1.29, 1.82) is 0 Å². The first-order valence-electron chi connectivity index (χ1n) is 9.76.